The summed E-state index contributed by atoms with van der Waals surface area (Å²) in [6, 6.07) is 14.9. The molecule has 14 heteroatoms. The van der Waals surface area contributed by atoms with Crippen molar-refractivity contribution < 1.29 is 32.4 Å². The van der Waals surface area contributed by atoms with Crippen LogP contribution in [0.2, 0.25) is 0 Å². The zero-order valence-corrected chi connectivity index (χ0v) is 24.6. The number of benzene rings is 3. The number of rotatable bonds is 6. The summed E-state index contributed by atoms with van der Waals surface area (Å²) < 4.78 is 51.8. The highest BCUT2D eigenvalue weighted by Crippen LogP contribution is 2.39. The average molecular weight is 674 g/mol. The fraction of sp³-hybridized carbons (Fsp3) is 0.138. The Morgan fingerprint density at radius 1 is 1.12 bits per heavy atom. The molecule has 43 heavy (non-hydrogen) atoms. The molecule has 0 saturated carbocycles. The van der Waals surface area contributed by atoms with E-state index in [1.54, 1.807) is 49.4 Å². The van der Waals surface area contributed by atoms with Crippen LogP contribution in [-0.4, -0.2) is 22.6 Å². The molecule has 220 valence electrons. The number of fused-ring (bicyclic) bond motifs is 1. The van der Waals surface area contributed by atoms with E-state index in [1.165, 1.54) is 17.7 Å². The van der Waals surface area contributed by atoms with Crippen LogP contribution in [0.1, 0.15) is 29.7 Å². The fourth-order valence-electron chi connectivity index (χ4n) is 4.53. The van der Waals surface area contributed by atoms with Gasteiger partial charge in [0.05, 0.1) is 43.9 Å². The second-order valence-corrected chi connectivity index (χ2v) is 11.1. The van der Waals surface area contributed by atoms with Gasteiger partial charge in [0.1, 0.15) is 5.75 Å². The number of nitro benzene ring substituents is 1. The molecule has 0 N–H and O–H groups in total. The molecule has 1 aliphatic heterocycles. The number of aromatic nitrogens is 1. The number of methoxy groups -OCH3 is 1. The maximum absolute atomic E-state index is 13.7. The van der Waals surface area contributed by atoms with E-state index < -0.39 is 34.4 Å². The van der Waals surface area contributed by atoms with Gasteiger partial charge in [-0.1, -0.05) is 47.7 Å². The number of nitrogens with zero attached hydrogens (tertiary/aromatic N) is 3. The minimum Gasteiger partial charge on any atom is -0.466 e. The lowest BCUT2D eigenvalue weighted by Crippen LogP contribution is -2.39. The second kappa shape index (κ2) is 11.6. The first-order valence-corrected chi connectivity index (χ1v) is 14.0. The molecular formula is C29H19BrF3N3O6S. The lowest BCUT2D eigenvalue weighted by atomic mass is 9.96. The molecule has 0 bridgehead atoms. The molecule has 0 spiro atoms. The standard InChI is InChI=1S/C29H19BrF3N3O6S/c1-15-24(27(38)41-2)25(17-6-4-3-5-7-17)35-26(37)23(43-28(35)34-15)13-16-8-10-21(19(30)12-16)42-22-11-9-18(29(31,32)33)14-20(22)36(39)40/h3-14,25H,1-2H3. The van der Waals surface area contributed by atoms with E-state index in [0.717, 1.165) is 17.4 Å². The molecular weight excluding hydrogens is 655 g/mol. The number of carbonyl (C=O) groups excluding carboxylic acids is 1. The Morgan fingerprint density at radius 3 is 2.44 bits per heavy atom. The monoisotopic (exact) mass is 673 g/mol. The van der Waals surface area contributed by atoms with Crippen LogP contribution in [0, 0.1) is 10.1 Å². The van der Waals surface area contributed by atoms with Crippen LogP contribution in [0.15, 0.2) is 92.3 Å². The van der Waals surface area contributed by atoms with Gasteiger partial charge in [0.2, 0.25) is 5.75 Å². The van der Waals surface area contributed by atoms with E-state index in [-0.39, 0.29) is 22.6 Å². The summed E-state index contributed by atoms with van der Waals surface area (Å²) in [6.07, 6.45) is -3.15. The fourth-order valence-corrected chi connectivity index (χ4v) is 6.05. The zero-order valence-electron chi connectivity index (χ0n) is 22.2. The molecule has 0 saturated heterocycles. The highest BCUT2D eigenvalue weighted by Gasteiger charge is 2.34. The Labute approximate surface area is 253 Å². The minimum atomic E-state index is -4.76. The number of allylic oxidation sites excluding steroid dienone is 1. The SMILES string of the molecule is COC(=O)C1=C(C)N=c2sc(=Cc3ccc(Oc4ccc(C(F)(F)F)cc4[N+](=O)[O-])c(Br)c3)c(=O)n2C1c1ccccc1. The molecule has 0 amide bonds. The van der Waals surface area contributed by atoms with Gasteiger partial charge in [0.15, 0.2) is 4.80 Å². The molecule has 1 aliphatic rings. The van der Waals surface area contributed by atoms with E-state index in [2.05, 4.69) is 20.9 Å². The quantitative estimate of drug-likeness (QED) is 0.143. The predicted octanol–water partition coefficient (Wildman–Crippen LogP) is 5.89. The van der Waals surface area contributed by atoms with E-state index in [4.69, 9.17) is 9.47 Å². The van der Waals surface area contributed by atoms with Gasteiger partial charge < -0.3 is 9.47 Å². The van der Waals surface area contributed by atoms with Crippen LogP contribution in [0.4, 0.5) is 18.9 Å². The number of ether oxygens (including phenoxy) is 2. The molecule has 2 heterocycles. The van der Waals surface area contributed by atoms with Gasteiger partial charge >= 0.3 is 17.8 Å². The lowest BCUT2D eigenvalue weighted by Gasteiger charge is -2.24. The highest BCUT2D eigenvalue weighted by atomic mass is 79.9. The summed E-state index contributed by atoms with van der Waals surface area (Å²) in [6.45, 7) is 1.68. The maximum atomic E-state index is 13.7. The van der Waals surface area contributed by atoms with E-state index >= 15 is 0 Å². The average Bonchev–Trinajstić information content (AvgIpc) is 3.27. The first-order chi connectivity index (χ1) is 20.4. The summed E-state index contributed by atoms with van der Waals surface area (Å²) in [5.41, 5.74) is -0.488. The van der Waals surface area contributed by atoms with Crippen molar-refractivity contribution in [2.24, 2.45) is 4.99 Å². The van der Waals surface area contributed by atoms with Crippen molar-refractivity contribution in [1.29, 1.82) is 0 Å². The molecule has 5 rings (SSSR count). The normalized spacial score (nSPS) is 15.1. The van der Waals surface area contributed by atoms with Crippen LogP contribution in [-0.2, 0) is 15.7 Å². The van der Waals surface area contributed by atoms with Crippen LogP contribution < -0.4 is 19.6 Å². The van der Waals surface area contributed by atoms with E-state index in [0.29, 0.717) is 42.8 Å². The van der Waals surface area contributed by atoms with Crippen LogP contribution >= 0.6 is 27.3 Å². The predicted molar refractivity (Wildman–Crippen MR) is 155 cm³/mol. The van der Waals surface area contributed by atoms with Crippen LogP contribution in [0.3, 0.4) is 0 Å². The molecule has 0 aliphatic carbocycles. The molecule has 4 aromatic rings. The highest BCUT2D eigenvalue weighted by molar-refractivity contribution is 9.10. The largest absolute Gasteiger partial charge is 0.466 e. The van der Waals surface area contributed by atoms with Gasteiger partial charge in [-0.15, -0.1) is 0 Å². The van der Waals surface area contributed by atoms with Crippen molar-refractivity contribution in [1.82, 2.24) is 4.57 Å². The molecule has 1 atom stereocenters. The summed E-state index contributed by atoms with van der Waals surface area (Å²) in [5.74, 6) is -0.876. The Bertz CT molecular complexity index is 1990. The number of halogens is 4. The van der Waals surface area contributed by atoms with Crippen molar-refractivity contribution in [2.45, 2.75) is 19.1 Å². The molecule has 0 radical (unpaired) electrons. The van der Waals surface area contributed by atoms with Crippen molar-refractivity contribution in [2.75, 3.05) is 7.11 Å². The van der Waals surface area contributed by atoms with E-state index in [9.17, 15) is 32.9 Å². The van der Waals surface area contributed by atoms with Gasteiger partial charge in [0.25, 0.3) is 5.56 Å². The Morgan fingerprint density at radius 2 is 1.81 bits per heavy atom. The third-order valence-electron chi connectivity index (χ3n) is 6.50. The van der Waals surface area contributed by atoms with Gasteiger partial charge in [-0.3, -0.25) is 19.5 Å². The van der Waals surface area contributed by atoms with Gasteiger partial charge in [-0.25, -0.2) is 9.79 Å². The number of nitro groups is 1. The number of alkyl halides is 3. The Hall–Kier alpha value is -4.56. The first kappa shape index (κ1) is 29.9. The summed E-state index contributed by atoms with van der Waals surface area (Å²) in [7, 11) is 1.26. The van der Waals surface area contributed by atoms with Crippen molar-refractivity contribution in [3.05, 3.63) is 129 Å². The first-order valence-electron chi connectivity index (χ1n) is 12.4. The van der Waals surface area contributed by atoms with Gasteiger partial charge in [0, 0.05) is 6.07 Å². The number of hydrogen-bond acceptors (Lipinski definition) is 8. The third-order valence-corrected chi connectivity index (χ3v) is 8.10. The Balaban J connectivity index is 1.53. The molecule has 3 aromatic carbocycles. The Kier molecular flexibility index (Phi) is 8.08. The molecule has 1 unspecified atom stereocenters. The number of hydrogen-bond donors (Lipinski definition) is 0. The minimum absolute atomic E-state index is 0.101. The molecule has 0 fully saturated rings. The summed E-state index contributed by atoms with van der Waals surface area (Å²) in [4.78, 5) is 41.8. The van der Waals surface area contributed by atoms with Crippen molar-refractivity contribution in [3.63, 3.8) is 0 Å². The van der Waals surface area contributed by atoms with Crippen LogP contribution in [0.25, 0.3) is 6.08 Å². The topological polar surface area (TPSA) is 113 Å². The number of thiazole rings is 1. The van der Waals surface area contributed by atoms with Crippen LogP contribution in [0.5, 0.6) is 11.5 Å². The van der Waals surface area contributed by atoms with E-state index in [1.807, 2.05) is 6.07 Å². The molecule has 1 aromatic heterocycles. The lowest BCUT2D eigenvalue weighted by molar-refractivity contribution is -0.385. The van der Waals surface area contributed by atoms with Crippen molar-refractivity contribution in [3.8, 4) is 11.5 Å². The summed E-state index contributed by atoms with van der Waals surface area (Å²) >= 11 is 4.46. The van der Waals surface area contributed by atoms with Gasteiger partial charge in [-0.05, 0) is 64.3 Å². The van der Waals surface area contributed by atoms with Crippen molar-refractivity contribution >= 4 is 45.0 Å². The maximum Gasteiger partial charge on any atom is 0.416 e. The second-order valence-electron chi connectivity index (χ2n) is 9.21. The number of esters is 1. The third kappa shape index (κ3) is 5.88. The molecule has 9 nitrogen and oxygen atoms in total. The number of carbonyl (C=O) groups is 1. The smallest absolute Gasteiger partial charge is 0.416 e. The van der Waals surface area contributed by atoms with Gasteiger partial charge in [-0.2, -0.15) is 13.2 Å². The zero-order chi connectivity index (χ0) is 31.1. The summed E-state index contributed by atoms with van der Waals surface area (Å²) in [5, 5.41) is 11.4.